The van der Waals surface area contributed by atoms with E-state index in [0.29, 0.717) is 5.92 Å². The van der Waals surface area contributed by atoms with Crippen molar-refractivity contribution >= 4 is 11.4 Å². The van der Waals surface area contributed by atoms with Gasteiger partial charge in [-0.15, -0.1) is 0 Å². The van der Waals surface area contributed by atoms with Crippen LogP contribution in [0.3, 0.4) is 0 Å². The van der Waals surface area contributed by atoms with Crippen molar-refractivity contribution in [3.05, 3.63) is 59.2 Å². The van der Waals surface area contributed by atoms with Gasteiger partial charge in [0.15, 0.2) is 0 Å². The van der Waals surface area contributed by atoms with Crippen molar-refractivity contribution in [3.8, 4) is 0 Å². The SMILES string of the molecule is Nc1ccc(Cc2ccc(N)c(C3CCC(C4CCCCC4)CC3)c2)cc1. The fourth-order valence-corrected chi connectivity index (χ4v) is 5.47. The Morgan fingerprint density at radius 2 is 1.30 bits per heavy atom. The summed E-state index contributed by atoms with van der Waals surface area (Å²) in [5.74, 6) is 2.63. The Balaban J connectivity index is 1.42. The van der Waals surface area contributed by atoms with Crippen LogP contribution < -0.4 is 11.5 Å². The summed E-state index contributed by atoms with van der Waals surface area (Å²) in [5, 5.41) is 0. The molecular weight excluding hydrogens is 328 g/mol. The molecule has 2 aromatic rings. The molecule has 27 heavy (non-hydrogen) atoms. The van der Waals surface area contributed by atoms with Crippen molar-refractivity contribution in [1.29, 1.82) is 0 Å². The average molecular weight is 363 g/mol. The van der Waals surface area contributed by atoms with Crippen LogP contribution in [-0.4, -0.2) is 0 Å². The van der Waals surface area contributed by atoms with Crippen molar-refractivity contribution < 1.29 is 0 Å². The van der Waals surface area contributed by atoms with Gasteiger partial charge in [-0.25, -0.2) is 0 Å². The van der Waals surface area contributed by atoms with Gasteiger partial charge in [-0.1, -0.05) is 56.4 Å². The summed E-state index contributed by atoms with van der Waals surface area (Å²) in [6.45, 7) is 0. The van der Waals surface area contributed by atoms with Gasteiger partial charge in [0.25, 0.3) is 0 Å². The molecule has 0 spiro atoms. The predicted octanol–water partition coefficient (Wildman–Crippen LogP) is 6.30. The van der Waals surface area contributed by atoms with E-state index in [0.717, 1.165) is 29.6 Å². The maximum atomic E-state index is 6.39. The number of hydrogen-bond acceptors (Lipinski definition) is 2. The third kappa shape index (κ3) is 4.48. The van der Waals surface area contributed by atoms with Gasteiger partial charge in [0.1, 0.15) is 0 Å². The first-order valence-corrected chi connectivity index (χ1v) is 10.9. The summed E-state index contributed by atoms with van der Waals surface area (Å²) in [6, 6.07) is 14.9. The van der Waals surface area contributed by atoms with Crippen LogP contribution in [0.5, 0.6) is 0 Å². The second kappa shape index (κ2) is 8.37. The van der Waals surface area contributed by atoms with E-state index in [1.54, 1.807) is 0 Å². The molecule has 0 radical (unpaired) electrons. The standard InChI is InChI=1S/C25H34N2/c26-23-13-6-18(7-14-23)16-19-8-15-25(27)24(17-19)22-11-9-21(10-12-22)20-4-2-1-3-5-20/h6-8,13-15,17,20-22H,1-5,9-12,16,26-27H2. The largest absolute Gasteiger partial charge is 0.399 e. The second-order valence-corrected chi connectivity index (χ2v) is 8.89. The average Bonchev–Trinajstić information content (AvgIpc) is 2.72. The number of hydrogen-bond donors (Lipinski definition) is 2. The molecule has 2 aliphatic carbocycles. The van der Waals surface area contributed by atoms with Crippen LogP contribution in [-0.2, 0) is 6.42 Å². The molecule has 2 fully saturated rings. The van der Waals surface area contributed by atoms with Gasteiger partial charge in [-0.3, -0.25) is 0 Å². The Morgan fingerprint density at radius 1 is 0.667 bits per heavy atom. The predicted molar refractivity (Wildman–Crippen MR) is 116 cm³/mol. The van der Waals surface area contributed by atoms with Crippen LogP contribution in [0, 0.1) is 11.8 Å². The van der Waals surface area contributed by atoms with Gasteiger partial charge in [0, 0.05) is 11.4 Å². The van der Waals surface area contributed by atoms with Crippen LogP contribution in [0.2, 0.25) is 0 Å². The molecule has 0 unspecified atom stereocenters. The summed E-state index contributed by atoms with van der Waals surface area (Å²) in [6.07, 6.45) is 13.7. The van der Waals surface area contributed by atoms with Gasteiger partial charge >= 0.3 is 0 Å². The molecule has 2 heteroatoms. The van der Waals surface area contributed by atoms with Crippen LogP contribution in [0.4, 0.5) is 11.4 Å². The molecule has 144 valence electrons. The van der Waals surface area contributed by atoms with E-state index in [-0.39, 0.29) is 0 Å². The van der Waals surface area contributed by atoms with Gasteiger partial charge in [0.05, 0.1) is 0 Å². The maximum absolute atomic E-state index is 6.39. The fourth-order valence-electron chi connectivity index (χ4n) is 5.47. The lowest BCUT2D eigenvalue weighted by Crippen LogP contribution is -2.23. The van der Waals surface area contributed by atoms with Crippen molar-refractivity contribution in [3.63, 3.8) is 0 Å². The summed E-state index contributed by atoms with van der Waals surface area (Å²) in [4.78, 5) is 0. The van der Waals surface area contributed by atoms with Gasteiger partial charge < -0.3 is 11.5 Å². The van der Waals surface area contributed by atoms with Crippen LogP contribution >= 0.6 is 0 Å². The summed E-state index contributed by atoms with van der Waals surface area (Å²) >= 11 is 0. The quantitative estimate of drug-likeness (QED) is 0.627. The van der Waals surface area contributed by atoms with E-state index in [9.17, 15) is 0 Å². The first kappa shape index (κ1) is 18.4. The molecule has 0 amide bonds. The van der Waals surface area contributed by atoms with E-state index in [1.165, 1.54) is 74.5 Å². The second-order valence-electron chi connectivity index (χ2n) is 8.89. The zero-order chi connectivity index (χ0) is 18.6. The molecule has 0 saturated heterocycles. The van der Waals surface area contributed by atoms with E-state index >= 15 is 0 Å². The monoisotopic (exact) mass is 362 g/mol. The zero-order valence-corrected chi connectivity index (χ0v) is 16.5. The first-order valence-electron chi connectivity index (χ1n) is 10.9. The van der Waals surface area contributed by atoms with E-state index < -0.39 is 0 Å². The highest BCUT2D eigenvalue weighted by atomic mass is 14.6. The molecule has 0 aromatic heterocycles. The molecule has 2 saturated carbocycles. The Morgan fingerprint density at radius 3 is 2.00 bits per heavy atom. The van der Waals surface area contributed by atoms with E-state index in [1.807, 2.05) is 12.1 Å². The summed E-state index contributed by atoms with van der Waals surface area (Å²) < 4.78 is 0. The minimum Gasteiger partial charge on any atom is -0.399 e. The normalized spacial score (nSPS) is 24.0. The van der Waals surface area contributed by atoms with Crippen LogP contribution in [0.15, 0.2) is 42.5 Å². The van der Waals surface area contributed by atoms with Crippen molar-refractivity contribution in [1.82, 2.24) is 0 Å². The molecule has 2 aliphatic rings. The summed E-state index contributed by atoms with van der Waals surface area (Å²) in [7, 11) is 0. The molecule has 0 atom stereocenters. The molecular formula is C25H34N2. The Bertz CT molecular complexity index is 735. The van der Waals surface area contributed by atoms with Crippen LogP contribution in [0.25, 0.3) is 0 Å². The van der Waals surface area contributed by atoms with Gasteiger partial charge in [-0.2, -0.15) is 0 Å². The van der Waals surface area contributed by atoms with Crippen molar-refractivity contribution in [2.45, 2.75) is 70.1 Å². The lowest BCUT2D eigenvalue weighted by atomic mass is 9.69. The van der Waals surface area contributed by atoms with Gasteiger partial charge in [-0.05, 0) is 84.7 Å². The molecule has 0 aliphatic heterocycles. The molecule has 0 bridgehead atoms. The van der Waals surface area contributed by atoms with Crippen LogP contribution in [0.1, 0.15) is 80.4 Å². The minimum absolute atomic E-state index is 0.649. The fraction of sp³-hybridized carbons (Fsp3) is 0.520. The van der Waals surface area contributed by atoms with Gasteiger partial charge in [0.2, 0.25) is 0 Å². The highest BCUT2D eigenvalue weighted by Gasteiger charge is 2.29. The lowest BCUT2D eigenvalue weighted by molar-refractivity contribution is 0.186. The van der Waals surface area contributed by atoms with E-state index in [2.05, 4.69) is 30.3 Å². The Labute approximate surface area is 164 Å². The Hall–Kier alpha value is -1.96. The number of rotatable bonds is 4. The molecule has 4 N–H and O–H groups in total. The summed E-state index contributed by atoms with van der Waals surface area (Å²) in [5.41, 5.74) is 18.1. The molecule has 0 heterocycles. The first-order chi connectivity index (χ1) is 13.2. The highest BCUT2D eigenvalue weighted by molar-refractivity contribution is 5.51. The number of nitrogen functional groups attached to an aromatic ring is 2. The van der Waals surface area contributed by atoms with Crippen molar-refractivity contribution in [2.24, 2.45) is 11.8 Å². The zero-order valence-electron chi connectivity index (χ0n) is 16.5. The smallest absolute Gasteiger partial charge is 0.0349 e. The van der Waals surface area contributed by atoms with E-state index in [4.69, 9.17) is 11.5 Å². The third-order valence-electron chi connectivity index (χ3n) is 7.07. The molecule has 2 nitrogen and oxygen atoms in total. The van der Waals surface area contributed by atoms with Crippen molar-refractivity contribution in [2.75, 3.05) is 11.5 Å². The third-order valence-corrected chi connectivity index (χ3v) is 7.07. The maximum Gasteiger partial charge on any atom is 0.0349 e. The Kier molecular flexibility index (Phi) is 5.71. The number of anilines is 2. The minimum atomic E-state index is 0.649. The topological polar surface area (TPSA) is 52.0 Å². The highest BCUT2D eigenvalue weighted by Crippen LogP contribution is 2.44. The number of benzene rings is 2. The number of nitrogens with two attached hydrogens (primary N) is 2. The molecule has 4 rings (SSSR count). The molecule has 2 aromatic carbocycles. The lowest BCUT2D eigenvalue weighted by Gasteiger charge is -2.36.